The molecule has 1 saturated carbocycles. The topological polar surface area (TPSA) is 24.5 Å². The Morgan fingerprint density at radius 2 is 2.24 bits per heavy atom. The second kappa shape index (κ2) is 6.72. The van der Waals surface area contributed by atoms with Gasteiger partial charge < -0.3 is 15.0 Å². The molecule has 0 amide bonds. The minimum atomic E-state index is 0.564. The average Bonchev–Trinajstić information content (AvgIpc) is 2.29. The van der Waals surface area contributed by atoms with Crippen molar-refractivity contribution in [3.05, 3.63) is 0 Å². The summed E-state index contributed by atoms with van der Waals surface area (Å²) in [7, 11) is 0. The number of hydrogen-bond acceptors (Lipinski definition) is 3. The molecule has 3 nitrogen and oxygen atoms in total. The first-order valence-corrected chi connectivity index (χ1v) is 7.34. The van der Waals surface area contributed by atoms with E-state index in [4.69, 9.17) is 4.74 Å². The second-order valence-electron chi connectivity index (χ2n) is 5.70. The summed E-state index contributed by atoms with van der Waals surface area (Å²) in [5, 5.41) is 3.56. The zero-order chi connectivity index (χ0) is 12.1. The van der Waals surface area contributed by atoms with Crippen LogP contribution in [0.1, 0.15) is 39.5 Å². The van der Waals surface area contributed by atoms with Crippen molar-refractivity contribution >= 4 is 0 Å². The summed E-state index contributed by atoms with van der Waals surface area (Å²) >= 11 is 0. The first-order valence-electron chi connectivity index (χ1n) is 7.34. The molecule has 0 radical (unpaired) electrons. The van der Waals surface area contributed by atoms with Crippen molar-refractivity contribution in [2.45, 2.75) is 51.6 Å². The fourth-order valence-corrected chi connectivity index (χ4v) is 2.96. The van der Waals surface area contributed by atoms with Gasteiger partial charge in [0.25, 0.3) is 0 Å². The van der Waals surface area contributed by atoms with E-state index < -0.39 is 0 Å². The van der Waals surface area contributed by atoms with Crippen molar-refractivity contribution in [2.75, 3.05) is 32.8 Å². The maximum atomic E-state index is 5.53. The van der Waals surface area contributed by atoms with Crippen molar-refractivity contribution in [2.24, 2.45) is 5.92 Å². The number of hydrogen-bond donors (Lipinski definition) is 1. The summed E-state index contributed by atoms with van der Waals surface area (Å²) < 4.78 is 5.53. The summed E-state index contributed by atoms with van der Waals surface area (Å²) in [6.07, 6.45) is 5.58. The summed E-state index contributed by atoms with van der Waals surface area (Å²) in [6.45, 7) is 9.96. The molecule has 2 atom stereocenters. The molecule has 3 heteroatoms. The highest BCUT2D eigenvalue weighted by Crippen LogP contribution is 2.28. The smallest absolute Gasteiger partial charge is 0.0620 e. The van der Waals surface area contributed by atoms with Crippen LogP contribution in [0.2, 0.25) is 0 Å². The molecule has 1 aliphatic heterocycles. The first kappa shape index (κ1) is 13.3. The predicted octanol–water partition coefficient (Wildman–Crippen LogP) is 1.88. The number of nitrogens with zero attached hydrogens (tertiary/aromatic N) is 1. The standard InChI is InChI=1S/C14H28N2O/c1-3-16(10-13-5-4-6-13)12(2)9-14-11-17-8-7-15-14/h12-15H,3-11H2,1-2H3. The molecule has 1 heterocycles. The number of morpholine rings is 1. The predicted molar refractivity (Wildman–Crippen MR) is 71.3 cm³/mol. The van der Waals surface area contributed by atoms with E-state index in [1.54, 1.807) is 0 Å². The van der Waals surface area contributed by atoms with Gasteiger partial charge in [0.1, 0.15) is 0 Å². The van der Waals surface area contributed by atoms with Crippen LogP contribution in [0.3, 0.4) is 0 Å². The van der Waals surface area contributed by atoms with Gasteiger partial charge in [0, 0.05) is 25.2 Å². The molecule has 2 fully saturated rings. The average molecular weight is 240 g/mol. The first-order chi connectivity index (χ1) is 8.29. The van der Waals surface area contributed by atoms with Gasteiger partial charge in [-0.05, 0) is 38.6 Å². The van der Waals surface area contributed by atoms with Gasteiger partial charge in [0.05, 0.1) is 13.2 Å². The maximum absolute atomic E-state index is 5.53. The van der Waals surface area contributed by atoms with E-state index in [1.165, 1.54) is 38.8 Å². The van der Waals surface area contributed by atoms with Crippen molar-refractivity contribution in [3.63, 3.8) is 0 Å². The molecule has 1 aliphatic carbocycles. The lowest BCUT2D eigenvalue weighted by atomic mass is 9.84. The van der Waals surface area contributed by atoms with E-state index in [0.29, 0.717) is 12.1 Å². The highest BCUT2D eigenvalue weighted by atomic mass is 16.5. The Balaban J connectivity index is 1.72. The van der Waals surface area contributed by atoms with E-state index in [-0.39, 0.29) is 0 Å². The van der Waals surface area contributed by atoms with Gasteiger partial charge in [-0.1, -0.05) is 13.3 Å². The van der Waals surface area contributed by atoms with Crippen LogP contribution in [-0.4, -0.2) is 49.8 Å². The lowest BCUT2D eigenvalue weighted by Gasteiger charge is -2.37. The lowest BCUT2D eigenvalue weighted by Crippen LogP contribution is -2.47. The molecule has 17 heavy (non-hydrogen) atoms. The van der Waals surface area contributed by atoms with Gasteiger partial charge in [-0.25, -0.2) is 0 Å². The van der Waals surface area contributed by atoms with E-state index in [2.05, 4.69) is 24.1 Å². The molecular weight excluding hydrogens is 212 g/mol. The Morgan fingerprint density at radius 1 is 1.41 bits per heavy atom. The normalized spacial score (nSPS) is 28.1. The Morgan fingerprint density at radius 3 is 2.76 bits per heavy atom. The fourth-order valence-electron chi connectivity index (χ4n) is 2.96. The SMILES string of the molecule is CCN(CC1CCC1)C(C)CC1COCCN1. The van der Waals surface area contributed by atoms with Crippen molar-refractivity contribution < 1.29 is 4.74 Å². The third-order valence-electron chi connectivity index (χ3n) is 4.37. The van der Waals surface area contributed by atoms with Crippen molar-refractivity contribution in [1.29, 1.82) is 0 Å². The molecule has 0 spiro atoms. The van der Waals surface area contributed by atoms with Gasteiger partial charge in [-0.15, -0.1) is 0 Å². The van der Waals surface area contributed by atoms with E-state index in [1.807, 2.05) is 0 Å². The van der Waals surface area contributed by atoms with Gasteiger partial charge in [-0.3, -0.25) is 0 Å². The Kier molecular flexibility index (Phi) is 5.26. The fraction of sp³-hybridized carbons (Fsp3) is 1.00. The number of ether oxygens (including phenoxy) is 1. The van der Waals surface area contributed by atoms with Crippen LogP contribution >= 0.6 is 0 Å². The number of nitrogens with one attached hydrogen (secondary N) is 1. The third kappa shape index (κ3) is 3.94. The molecular formula is C14H28N2O. The van der Waals surface area contributed by atoms with Crippen molar-refractivity contribution in [1.82, 2.24) is 10.2 Å². The van der Waals surface area contributed by atoms with Crippen LogP contribution in [0, 0.1) is 5.92 Å². The molecule has 0 bridgehead atoms. The Labute approximate surface area is 106 Å². The van der Waals surface area contributed by atoms with Crippen LogP contribution in [0.15, 0.2) is 0 Å². The summed E-state index contributed by atoms with van der Waals surface area (Å²) in [4.78, 5) is 2.65. The Bertz CT molecular complexity index is 212. The van der Waals surface area contributed by atoms with Gasteiger partial charge in [-0.2, -0.15) is 0 Å². The summed E-state index contributed by atoms with van der Waals surface area (Å²) in [5.41, 5.74) is 0. The number of rotatable bonds is 6. The second-order valence-corrected chi connectivity index (χ2v) is 5.70. The Hall–Kier alpha value is -0.120. The summed E-state index contributed by atoms with van der Waals surface area (Å²) in [6, 6.07) is 1.24. The quantitative estimate of drug-likeness (QED) is 0.767. The molecule has 100 valence electrons. The molecule has 0 aromatic rings. The zero-order valence-electron chi connectivity index (χ0n) is 11.5. The van der Waals surface area contributed by atoms with Gasteiger partial charge in [0.15, 0.2) is 0 Å². The van der Waals surface area contributed by atoms with E-state index in [9.17, 15) is 0 Å². The minimum Gasteiger partial charge on any atom is -0.379 e. The zero-order valence-corrected chi connectivity index (χ0v) is 11.5. The largest absolute Gasteiger partial charge is 0.379 e. The van der Waals surface area contributed by atoms with Crippen LogP contribution < -0.4 is 5.32 Å². The molecule has 0 aromatic carbocycles. The van der Waals surface area contributed by atoms with Gasteiger partial charge in [0.2, 0.25) is 0 Å². The van der Waals surface area contributed by atoms with Crippen LogP contribution in [-0.2, 0) is 4.74 Å². The maximum Gasteiger partial charge on any atom is 0.0620 e. The molecule has 2 rings (SSSR count). The van der Waals surface area contributed by atoms with E-state index >= 15 is 0 Å². The van der Waals surface area contributed by atoms with Gasteiger partial charge >= 0.3 is 0 Å². The van der Waals surface area contributed by atoms with Crippen molar-refractivity contribution in [3.8, 4) is 0 Å². The van der Waals surface area contributed by atoms with Crippen LogP contribution in [0.5, 0.6) is 0 Å². The summed E-state index contributed by atoms with van der Waals surface area (Å²) in [5.74, 6) is 0.980. The molecule has 1 N–H and O–H groups in total. The molecule has 2 unspecified atom stereocenters. The molecule has 2 aliphatic rings. The minimum absolute atomic E-state index is 0.564. The molecule has 1 saturated heterocycles. The molecule has 0 aromatic heterocycles. The van der Waals surface area contributed by atoms with E-state index in [0.717, 1.165) is 25.7 Å². The highest BCUT2D eigenvalue weighted by Gasteiger charge is 2.24. The lowest BCUT2D eigenvalue weighted by molar-refractivity contribution is 0.0579. The van der Waals surface area contributed by atoms with Crippen LogP contribution in [0.4, 0.5) is 0 Å². The third-order valence-corrected chi connectivity index (χ3v) is 4.37. The van der Waals surface area contributed by atoms with Crippen LogP contribution in [0.25, 0.3) is 0 Å². The monoisotopic (exact) mass is 240 g/mol. The highest BCUT2D eigenvalue weighted by molar-refractivity contribution is 4.80.